The average molecular weight is 221 g/mol. The van der Waals surface area contributed by atoms with Crippen molar-refractivity contribution in [3.8, 4) is 0 Å². The van der Waals surface area contributed by atoms with Crippen molar-refractivity contribution in [1.82, 2.24) is 5.32 Å². The van der Waals surface area contributed by atoms with Gasteiger partial charge in [-0.1, -0.05) is 30.3 Å². The zero-order valence-electron chi connectivity index (χ0n) is 8.93. The molecule has 0 radical (unpaired) electrons. The zero-order valence-corrected chi connectivity index (χ0v) is 8.93. The highest BCUT2D eigenvalue weighted by Crippen LogP contribution is 2.12. The van der Waals surface area contributed by atoms with Crippen LogP contribution in [-0.2, 0) is 16.1 Å². The van der Waals surface area contributed by atoms with Crippen molar-refractivity contribution < 1.29 is 14.6 Å². The quantitative estimate of drug-likeness (QED) is 0.797. The van der Waals surface area contributed by atoms with Crippen molar-refractivity contribution in [2.24, 2.45) is 0 Å². The fourth-order valence-electron chi connectivity index (χ4n) is 1.81. The maximum atomic E-state index is 10.7. The van der Waals surface area contributed by atoms with Gasteiger partial charge in [0.2, 0.25) is 0 Å². The molecule has 1 aromatic carbocycles. The first kappa shape index (κ1) is 11.1. The highest BCUT2D eigenvalue weighted by atomic mass is 16.5. The Balaban J connectivity index is 1.78. The molecule has 1 saturated heterocycles. The van der Waals surface area contributed by atoms with Crippen LogP contribution in [0.15, 0.2) is 30.3 Å². The minimum absolute atomic E-state index is 0.00121. The Kier molecular flexibility index (Phi) is 3.54. The largest absolute Gasteiger partial charge is 0.480 e. The van der Waals surface area contributed by atoms with E-state index in [0.717, 1.165) is 5.56 Å². The summed E-state index contributed by atoms with van der Waals surface area (Å²) >= 11 is 0. The average Bonchev–Trinajstić information content (AvgIpc) is 2.76. The molecule has 4 nitrogen and oxygen atoms in total. The van der Waals surface area contributed by atoms with Crippen molar-refractivity contribution >= 4 is 5.97 Å². The summed E-state index contributed by atoms with van der Waals surface area (Å²) in [5.41, 5.74) is 1.11. The lowest BCUT2D eigenvalue weighted by Gasteiger charge is -2.10. The van der Waals surface area contributed by atoms with Gasteiger partial charge in [0, 0.05) is 13.0 Å². The van der Waals surface area contributed by atoms with E-state index in [9.17, 15) is 4.79 Å². The van der Waals surface area contributed by atoms with Gasteiger partial charge in [-0.2, -0.15) is 0 Å². The molecule has 86 valence electrons. The number of benzene rings is 1. The Hall–Kier alpha value is -1.39. The molecular weight excluding hydrogens is 206 g/mol. The molecule has 16 heavy (non-hydrogen) atoms. The van der Waals surface area contributed by atoms with E-state index in [-0.39, 0.29) is 6.10 Å². The number of rotatable bonds is 4. The summed E-state index contributed by atoms with van der Waals surface area (Å²) in [6, 6.07) is 9.42. The number of carboxylic acids is 1. The smallest absolute Gasteiger partial charge is 0.320 e. The molecule has 1 aliphatic rings. The standard InChI is InChI=1S/C12H15NO3/c14-12(15)11-6-10(7-13-11)16-8-9-4-2-1-3-5-9/h1-5,10-11,13H,6-8H2,(H,14,15)/t10-,11+/m0/s1. The van der Waals surface area contributed by atoms with Crippen LogP contribution < -0.4 is 5.32 Å². The fourth-order valence-corrected chi connectivity index (χ4v) is 1.81. The molecule has 1 aromatic rings. The molecule has 2 atom stereocenters. The first-order valence-corrected chi connectivity index (χ1v) is 5.37. The molecule has 0 bridgehead atoms. The number of hydrogen-bond acceptors (Lipinski definition) is 3. The van der Waals surface area contributed by atoms with Crippen LogP contribution in [0.3, 0.4) is 0 Å². The second-order valence-electron chi connectivity index (χ2n) is 3.95. The second kappa shape index (κ2) is 5.09. The summed E-state index contributed by atoms with van der Waals surface area (Å²) in [6.07, 6.45) is 0.545. The van der Waals surface area contributed by atoms with E-state index >= 15 is 0 Å². The van der Waals surface area contributed by atoms with Crippen LogP contribution in [0.2, 0.25) is 0 Å². The third-order valence-corrected chi connectivity index (χ3v) is 2.72. The summed E-state index contributed by atoms with van der Waals surface area (Å²) < 4.78 is 5.64. The molecule has 2 rings (SSSR count). The van der Waals surface area contributed by atoms with Crippen molar-refractivity contribution in [2.45, 2.75) is 25.2 Å². The van der Waals surface area contributed by atoms with E-state index in [1.54, 1.807) is 0 Å². The lowest BCUT2D eigenvalue weighted by Crippen LogP contribution is -2.29. The normalized spacial score (nSPS) is 24.5. The van der Waals surface area contributed by atoms with E-state index in [4.69, 9.17) is 9.84 Å². The van der Waals surface area contributed by atoms with Crippen LogP contribution in [0.5, 0.6) is 0 Å². The Morgan fingerprint density at radius 3 is 2.81 bits per heavy atom. The molecule has 1 fully saturated rings. The summed E-state index contributed by atoms with van der Waals surface area (Å²) in [6.45, 7) is 1.16. The molecule has 4 heteroatoms. The van der Waals surface area contributed by atoms with Gasteiger partial charge in [0.25, 0.3) is 0 Å². The molecule has 1 heterocycles. The van der Waals surface area contributed by atoms with E-state index in [1.807, 2.05) is 30.3 Å². The third-order valence-electron chi connectivity index (χ3n) is 2.72. The predicted octanol–water partition coefficient (Wildman–Crippen LogP) is 1.02. The first-order chi connectivity index (χ1) is 7.75. The van der Waals surface area contributed by atoms with Gasteiger partial charge < -0.3 is 15.2 Å². The highest BCUT2D eigenvalue weighted by Gasteiger charge is 2.29. The molecule has 0 amide bonds. The van der Waals surface area contributed by atoms with Crippen molar-refractivity contribution in [3.63, 3.8) is 0 Å². The molecule has 1 aliphatic heterocycles. The van der Waals surface area contributed by atoms with Crippen LogP contribution in [0, 0.1) is 0 Å². The van der Waals surface area contributed by atoms with E-state index in [1.165, 1.54) is 0 Å². The lowest BCUT2D eigenvalue weighted by atomic mass is 10.2. The van der Waals surface area contributed by atoms with Crippen molar-refractivity contribution in [2.75, 3.05) is 6.54 Å². The molecule has 0 spiro atoms. The first-order valence-electron chi connectivity index (χ1n) is 5.37. The molecule has 0 aliphatic carbocycles. The monoisotopic (exact) mass is 221 g/mol. The van der Waals surface area contributed by atoms with Crippen LogP contribution in [0.25, 0.3) is 0 Å². The molecule has 0 unspecified atom stereocenters. The van der Waals surface area contributed by atoms with Gasteiger partial charge in [0.1, 0.15) is 6.04 Å². The highest BCUT2D eigenvalue weighted by molar-refractivity contribution is 5.73. The summed E-state index contributed by atoms with van der Waals surface area (Å²) in [5.74, 6) is -0.800. The predicted molar refractivity (Wildman–Crippen MR) is 59.1 cm³/mol. The van der Waals surface area contributed by atoms with Gasteiger partial charge >= 0.3 is 5.97 Å². The van der Waals surface area contributed by atoms with Crippen LogP contribution in [0.4, 0.5) is 0 Å². The summed E-state index contributed by atoms with van der Waals surface area (Å²) in [5, 5.41) is 11.7. The number of carbonyl (C=O) groups is 1. The van der Waals surface area contributed by atoms with Gasteiger partial charge in [-0.05, 0) is 5.56 Å². The van der Waals surface area contributed by atoms with Crippen LogP contribution in [0.1, 0.15) is 12.0 Å². The summed E-state index contributed by atoms with van der Waals surface area (Å²) in [4.78, 5) is 10.7. The topological polar surface area (TPSA) is 58.6 Å². The minimum atomic E-state index is -0.800. The fraction of sp³-hybridized carbons (Fsp3) is 0.417. The Morgan fingerprint density at radius 1 is 1.44 bits per heavy atom. The number of carboxylic acid groups (broad SMARTS) is 1. The van der Waals surface area contributed by atoms with Gasteiger partial charge in [0.05, 0.1) is 12.7 Å². The van der Waals surface area contributed by atoms with Gasteiger partial charge in [-0.15, -0.1) is 0 Å². The SMILES string of the molecule is O=C(O)[C@H]1C[C@H](OCc2ccccc2)CN1. The van der Waals surface area contributed by atoms with Crippen molar-refractivity contribution in [1.29, 1.82) is 0 Å². The van der Waals surface area contributed by atoms with Crippen LogP contribution >= 0.6 is 0 Å². The second-order valence-corrected chi connectivity index (χ2v) is 3.95. The molecule has 0 saturated carbocycles. The number of nitrogens with one attached hydrogen (secondary N) is 1. The third kappa shape index (κ3) is 2.81. The summed E-state index contributed by atoms with van der Waals surface area (Å²) in [7, 11) is 0. The van der Waals surface area contributed by atoms with E-state index in [2.05, 4.69) is 5.32 Å². The minimum Gasteiger partial charge on any atom is -0.480 e. The van der Waals surface area contributed by atoms with Gasteiger partial charge in [0.15, 0.2) is 0 Å². The maximum Gasteiger partial charge on any atom is 0.320 e. The Labute approximate surface area is 94.2 Å². The molecule has 0 aromatic heterocycles. The number of aliphatic carboxylic acids is 1. The zero-order chi connectivity index (χ0) is 11.4. The van der Waals surface area contributed by atoms with Gasteiger partial charge in [-0.25, -0.2) is 0 Å². The number of hydrogen-bond donors (Lipinski definition) is 2. The van der Waals surface area contributed by atoms with Gasteiger partial charge in [-0.3, -0.25) is 4.79 Å². The maximum absolute atomic E-state index is 10.7. The molecule has 2 N–H and O–H groups in total. The molecular formula is C12H15NO3. The van der Waals surface area contributed by atoms with Crippen LogP contribution in [-0.4, -0.2) is 29.8 Å². The van der Waals surface area contributed by atoms with E-state index in [0.29, 0.717) is 19.6 Å². The lowest BCUT2D eigenvalue weighted by molar-refractivity contribution is -0.139. The Bertz CT molecular complexity index is 353. The van der Waals surface area contributed by atoms with Crippen molar-refractivity contribution in [3.05, 3.63) is 35.9 Å². The number of ether oxygens (including phenoxy) is 1. The van der Waals surface area contributed by atoms with E-state index < -0.39 is 12.0 Å². The Morgan fingerprint density at radius 2 is 2.19 bits per heavy atom.